The molecule has 0 bridgehead atoms. The van der Waals surface area contributed by atoms with E-state index in [2.05, 4.69) is 23.7 Å². The Balaban J connectivity index is 0. The smallest absolute Gasteiger partial charge is 0.160 e. The van der Waals surface area contributed by atoms with Crippen molar-refractivity contribution in [3.8, 4) is 0 Å². The van der Waals surface area contributed by atoms with Crippen molar-refractivity contribution in [2.75, 3.05) is 6.26 Å². The van der Waals surface area contributed by atoms with Gasteiger partial charge < -0.3 is 17.2 Å². The molecule has 0 aliphatic rings. The largest absolute Gasteiger partial charge is 0.379 e. The van der Waals surface area contributed by atoms with Crippen LogP contribution in [-0.4, -0.2) is 16.5 Å². The third-order valence-corrected chi connectivity index (χ3v) is 0.660. The van der Waals surface area contributed by atoms with E-state index in [1.807, 2.05) is 0 Å². The summed E-state index contributed by atoms with van der Waals surface area (Å²) in [5.74, 6) is 0. The molecule has 0 fully saturated rings. The van der Waals surface area contributed by atoms with Gasteiger partial charge >= 0.3 is 0 Å². The van der Waals surface area contributed by atoms with Crippen LogP contribution in [0.25, 0.3) is 0 Å². The first-order valence-corrected chi connectivity index (χ1v) is 3.57. The SMILES string of the molecule is CSC(=N)N.NC(N)=S. The molecule has 0 radical (unpaired) electrons. The Hall–Kier alpha value is -0.490. The first-order valence-electron chi connectivity index (χ1n) is 1.93. The number of amidine groups is 1. The van der Waals surface area contributed by atoms with Crippen LogP contribution in [0.4, 0.5) is 0 Å². The van der Waals surface area contributed by atoms with E-state index in [1.165, 1.54) is 11.8 Å². The molecule has 0 aromatic rings. The summed E-state index contributed by atoms with van der Waals surface area (Å²) in [4.78, 5) is 0. The second-order valence-electron chi connectivity index (χ2n) is 0.971. The van der Waals surface area contributed by atoms with Crippen molar-refractivity contribution < 1.29 is 0 Å². The fourth-order valence-electron chi connectivity index (χ4n) is 0. The van der Waals surface area contributed by atoms with Crippen molar-refractivity contribution >= 4 is 34.3 Å². The van der Waals surface area contributed by atoms with Crippen LogP contribution in [0.15, 0.2) is 0 Å². The molecule has 0 saturated heterocycles. The predicted molar refractivity (Wildman–Crippen MR) is 46.4 cm³/mol. The summed E-state index contributed by atoms with van der Waals surface area (Å²) in [5.41, 5.74) is 14.1. The van der Waals surface area contributed by atoms with Gasteiger partial charge in [0, 0.05) is 0 Å². The van der Waals surface area contributed by atoms with E-state index in [0.29, 0.717) is 0 Å². The maximum atomic E-state index is 6.48. The van der Waals surface area contributed by atoms with Crippen LogP contribution in [0.3, 0.4) is 0 Å². The van der Waals surface area contributed by atoms with Crippen molar-refractivity contribution in [2.24, 2.45) is 17.2 Å². The molecule has 4 nitrogen and oxygen atoms in total. The summed E-state index contributed by atoms with van der Waals surface area (Å²) < 4.78 is 0. The second kappa shape index (κ2) is 7.51. The van der Waals surface area contributed by atoms with Crippen molar-refractivity contribution in [3.05, 3.63) is 0 Å². The van der Waals surface area contributed by atoms with Crippen LogP contribution >= 0.6 is 24.0 Å². The molecule has 0 unspecified atom stereocenters. The van der Waals surface area contributed by atoms with E-state index in [9.17, 15) is 0 Å². The standard InChI is InChI=1S/C2H6N2S.CH4N2S/c1-5-2(3)4;2-1(3)4/h1H3,(H3,3,4);(H4,2,3,4). The van der Waals surface area contributed by atoms with Gasteiger partial charge in [0.2, 0.25) is 0 Å². The molecule has 0 aromatic heterocycles. The van der Waals surface area contributed by atoms with Crippen LogP contribution in [-0.2, 0) is 0 Å². The molecular formula is C3H10N4S2. The van der Waals surface area contributed by atoms with Gasteiger partial charge in [0.1, 0.15) is 0 Å². The number of hydrogen-bond donors (Lipinski definition) is 4. The first kappa shape index (κ1) is 11.3. The summed E-state index contributed by atoms with van der Waals surface area (Å²) in [6, 6.07) is 0. The number of thioether (sulfide) groups is 1. The number of hydrogen-bond acceptors (Lipinski definition) is 3. The van der Waals surface area contributed by atoms with E-state index in [0.717, 1.165) is 0 Å². The molecule has 0 atom stereocenters. The van der Waals surface area contributed by atoms with Gasteiger partial charge in [-0.05, 0) is 18.5 Å². The molecule has 0 aliphatic carbocycles. The molecule has 6 heteroatoms. The van der Waals surface area contributed by atoms with Gasteiger partial charge in [-0.3, -0.25) is 5.41 Å². The predicted octanol–water partition coefficient (Wildman–Crippen LogP) is -0.568. The lowest BCUT2D eigenvalue weighted by Crippen LogP contribution is -2.18. The average Bonchev–Trinajstić information content (AvgIpc) is 1.65. The Bertz CT molecular complexity index is 98.0. The van der Waals surface area contributed by atoms with E-state index in [1.54, 1.807) is 6.26 Å². The van der Waals surface area contributed by atoms with Gasteiger partial charge in [0.25, 0.3) is 0 Å². The van der Waals surface area contributed by atoms with E-state index in [4.69, 9.17) is 11.1 Å². The molecule has 0 aliphatic heterocycles. The Kier molecular flexibility index (Phi) is 9.45. The quantitative estimate of drug-likeness (QED) is 0.219. The lowest BCUT2D eigenvalue weighted by molar-refractivity contribution is 1.51. The van der Waals surface area contributed by atoms with Gasteiger partial charge in [0.15, 0.2) is 10.3 Å². The molecule has 7 N–H and O–H groups in total. The fraction of sp³-hybridized carbons (Fsp3) is 0.333. The minimum atomic E-state index is 0.000000000000000222. The Morgan fingerprint density at radius 2 is 1.56 bits per heavy atom. The molecule has 0 amide bonds. The van der Waals surface area contributed by atoms with Crippen molar-refractivity contribution in [2.45, 2.75) is 0 Å². The monoisotopic (exact) mass is 166 g/mol. The topological polar surface area (TPSA) is 102 Å². The highest BCUT2D eigenvalue weighted by Crippen LogP contribution is 1.83. The molecule has 0 saturated carbocycles. The number of nitrogens with one attached hydrogen (secondary N) is 1. The average molecular weight is 166 g/mol. The lowest BCUT2D eigenvalue weighted by Gasteiger charge is -1.78. The molecule has 0 heterocycles. The number of thiocarbonyl (C=S) groups is 1. The zero-order chi connectivity index (χ0) is 7.86. The Morgan fingerprint density at radius 1 is 1.44 bits per heavy atom. The van der Waals surface area contributed by atoms with E-state index >= 15 is 0 Å². The molecule has 0 aromatic carbocycles. The first-order chi connectivity index (χ1) is 4.00. The molecule has 0 rings (SSSR count). The summed E-state index contributed by atoms with van der Waals surface area (Å²) in [5, 5.41) is 6.66. The highest BCUT2D eigenvalue weighted by atomic mass is 32.2. The zero-order valence-electron chi connectivity index (χ0n) is 5.05. The zero-order valence-corrected chi connectivity index (χ0v) is 6.68. The maximum Gasteiger partial charge on any atom is 0.160 e. The van der Waals surface area contributed by atoms with Crippen molar-refractivity contribution in [3.63, 3.8) is 0 Å². The summed E-state index contributed by atoms with van der Waals surface area (Å²) >= 11 is 5.33. The van der Waals surface area contributed by atoms with Crippen molar-refractivity contribution in [1.82, 2.24) is 0 Å². The number of nitrogens with two attached hydrogens (primary N) is 3. The van der Waals surface area contributed by atoms with Gasteiger partial charge in [-0.25, -0.2) is 0 Å². The summed E-state index contributed by atoms with van der Waals surface area (Å²) in [6.45, 7) is 0. The molecular weight excluding hydrogens is 156 g/mol. The van der Waals surface area contributed by atoms with Gasteiger partial charge in [-0.15, -0.1) is 0 Å². The lowest BCUT2D eigenvalue weighted by atomic mass is 11.3. The highest BCUT2D eigenvalue weighted by molar-refractivity contribution is 8.13. The minimum Gasteiger partial charge on any atom is -0.379 e. The number of rotatable bonds is 0. The minimum absolute atomic E-state index is 0.000000000000000222. The molecule has 9 heavy (non-hydrogen) atoms. The van der Waals surface area contributed by atoms with Crippen LogP contribution < -0.4 is 17.2 Å². The van der Waals surface area contributed by atoms with Crippen LogP contribution in [0.2, 0.25) is 0 Å². The van der Waals surface area contributed by atoms with Crippen LogP contribution in [0, 0.1) is 5.41 Å². The molecule has 0 spiro atoms. The highest BCUT2D eigenvalue weighted by Gasteiger charge is 1.71. The van der Waals surface area contributed by atoms with Crippen LogP contribution in [0.1, 0.15) is 0 Å². The summed E-state index contributed by atoms with van der Waals surface area (Å²) in [7, 11) is 0. The third kappa shape index (κ3) is 100.0. The summed E-state index contributed by atoms with van der Waals surface area (Å²) in [6.07, 6.45) is 1.77. The van der Waals surface area contributed by atoms with E-state index in [-0.39, 0.29) is 10.3 Å². The second-order valence-corrected chi connectivity index (χ2v) is 2.29. The van der Waals surface area contributed by atoms with Gasteiger partial charge in [-0.2, -0.15) is 0 Å². The normalized spacial score (nSPS) is 6.78. The van der Waals surface area contributed by atoms with E-state index < -0.39 is 0 Å². The third-order valence-electron chi connectivity index (χ3n) is 0.220. The van der Waals surface area contributed by atoms with Gasteiger partial charge in [-0.1, -0.05) is 11.8 Å². The molecule has 54 valence electrons. The van der Waals surface area contributed by atoms with Gasteiger partial charge in [0.05, 0.1) is 0 Å². The Morgan fingerprint density at radius 3 is 1.56 bits per heavy atom. The maximum absolute atomic E-state index is 6.48. The fourth-order valence-corrected chi connectivity index (χ4v) is 0. The van der Waals surface area contributed by atoms with Crippen molar-refractivity contribution in [1.29, 1.82) is 5.41 Å². The Labute approximate surface area is 63.7 Å². The van der Waals surface area contributed by atoms with Crippen LogP contribution in [0.5, 0.6) is 0 Å².